The molecule has 0 aliphatic carbocycles. The van der Waals surface area contributed by atoms with Crippen molar-refractivity contribution in [1.82, 2.24) is 0 Å². The van der Waals surface area contributed by atoms with E-state index in [0.717, 1.165) is 13.2 Å². The molecular formula is C14H32O2Si2. The van der Waals surface area contributed by atoms with Gasteiger partial charge < -0.3 is 8.85 Å². The second-order valence-electron chi connectivity index (χ2n) is 5.29. The molecule has 0 N–H and O–H groups in total. The Morgan fingerprint density at radius 3 is 1.94 bits per heavy atom. The minimum absolute atomic E-state index is 0.244. The van der Waals surface area contributed by atoms with Crippen molar-refractivity contribution in [2.24, 2.45) is 0 Å². The van der Waals surface area contributed by atoms with Crippen LogP contribution in [-0.4, -0.2) is 30.6 Å². The molecule has 1 aliphatic rings. The van der Waals surface area contributed by atoms with Crippen molar-refractivity contribution in [3.05, 3.63) is 12.7 Å². The van der Waals surface area contributed by atoms with Crippen molar-refractivity contribution in [2.45, 2.75) is 64.3 Å². The molecule has 2 nitrogen and oxygen atoms in total. The molecule has 0 spiro atoms. The summed E-state index contributed by atoms with van der Waals surface area (Å²) in [5.41, 5.74) is 0. The second-order valence-corrected chi connectivity index (χ2v) is 12.0. The maximum Gasteiger partial charge on any atom is 0.331 e. The summed E-state index contributed by atoms with van der Waals surface area (Å²) in [7, 11) is -1.95. The van der Waals surface area contributed by atoms with Crippen LogP contribution in [0.4, 0.5) is 0 Å². The van der Waals surface area contributed by atoms with E-state index in [-0.39, 0.29) is 8.80 Å². The molecule has 108 valence electrons. The zero-order valence-electron chi connectivity index (χ0n) is 12.8. The van der Waals surface area contributed by atoms with Gasteiger partial charge >= 0.3 is 8.56 Å². The normalized spacial score (nSPS) is 16.9. The molecule has 0 unspecified atom stereocenters. The van der Waals surface area contributed by atoms with E-state index in [4.69, 9.17) is 8.85 Å². The molecule has 0 aromatic carbocycles. The molecule has 1 aliphatic heterocycles. The van der Waals surface area contributed by atoms with Crippen LogP contribution in [0.5, 0.6) is 0 Å². The maximum atomic E-state index is 5.39. The molecule has 0 atom stereocenters. The van der Waals surface area contributed by atoms with Crippen LogP contribution in [0.3, 0.4) is 0 Å². The van der Waals surface area contributed by atoms with Crippen LogP contribution in [0.15, 0.2) is 12.7 Å². The third-order valence-electron chi connectivity index (χ3n) is 3.21. The first kappa shape index (κ1) is 18.1. The number of allylic oxidation sites excluding steroid dienone is 1. The Kier molecular flexibility index (Phi) is 11.0. The van der Waals surface area contributed by atoms with Crippen molar-refractivity contribution in [3.63, 3.8) is 0 Å². The minimum Gasteiger partial charge on any atom is -0.395 e. The van der Waals surface area contributed by atoms with Crippen molar-refractivity contribution >= 4 is 17.4 Å². The van der Waals surface area contributed by atoms with Crippen LogP contribution >= 0.6 is 0 Å². The smallest absolute Gasteiger partial charge is 0.331 e. The lowest BCUT2D eigenvalue weighted by molar-refractivity contribution is 0.196. The van der Waals surface area contributed by atoms with Gasteiger partial charge in [-0.25, -0.2) is 0 Å². The Morgan fingerprint density at radius 2 is 1.56 bits per heavy atom. The molecule has 0 radical (unpaired) electrons. The maximum absolute atomic E-state index is 5.39. The fraction of sp³-hybridized carbons (Fsp3) is 0.857. The van der Waals surface area contributed by atoms with E-state index >= 15 is 0 Å². The zero-order chi connectivity index (χ0) is 13.9. The monoisotopic (exact) mass is 288 g/mol. The first-order chi connectivity index (χ1) is 8.55. The van der Waals surface area contributed by atoms with E-state index in [1.807, 2.05) is 13.8 Å². The standard InChI is InChI=1S/C8H16Si.C6H16O2Si/c1-2-6-9-7-4-3-5-8-9;1-5-7-9(3,4)8-6-2/h2,9H,1,3-8H2;5-6H2,1-4H3. The molecule has 1 heterocycles. The van der Waals surface area contributed by atoms with E-state index in [1.165, 1.54) is 25.3 Å². The molecule has 1 saturated heterocycles. The van der Waals surface area contributed by atoms with Crippen molar-refractivity contribution in [2.75, 3.05) is 13.2 Å². The summed E-state index contributed by atoms with van der Waals surface area (Å²) in [5.74, 6) is 0. The largest absolute Gasteiger partial charge is 0.395 e. The third-order valence-corrected chi connectivity index (χ3v) is 8.63. The van der Waals surface area contributed by atoms with E-state index in [0.29, 0.717) is 0 Å². The number of hydrogen-bond acceptors (Lipinski definition) is 2. The minimum atomic E-state index is -1.70. The highest BCUT2D eigenvalue weighted by molar-refractivity contribution is 6.64. The third kappa shape index (κ3) is 10.1. The van der Waals surface area contributed by atoms with Gasteiger partial charge in [0.25, 0.3) is 0 Å². The lowest BCUT2D eigenvalue weighted by Crippen LogP contribution is -2.34. The Labute approximate surface area is 117 Å². The molecule has 0 aromatic heterocycles. The summed E-state index contributed by atoms with van der Waals surface area (Å²) in [6.45, 7) is 13.4. The van der Waals surface area contributed by atoms with Gasteiger partial charge in [-0.15, -0.1) is 6.58 Å². The van der Waals surface area contributed by atoms with Crippen molar-refractivity contribution in [3.8, 4) is 0 Å². The van der Waals surface area contributed by atoms with Crippen LogP contribution in [-0.2, 0) is 8.85 Å². The molecule has 0 saturated carbocycles. The van der Waals surface area contributed by atoms with Gasteiger partial charge in [-0.2, -0.15) is 0 Å². The van der Waals surface area contributed by atoms with Gasteiger partial charge in [-0.05, 0) is 33.0 Å². The SMILES string of the molecule is C=CC[SiH]1CCCCC1.CCO[Si](C)(C)OCC. The van der Waals surface area contributed by atoms with Crippen LogP contribution in [0.1, 0.15) is 33.1 Å². The van der Waals surface area contributed by atoms with Gasteiger partial charge in [-0.1, -0.05) is 37.4 Å². The van der Waals surface area contributed by atoms with E-state index < -0.39 is 8.56 Å². The fourth-order valence-corrected chi connectivity index (χ4v) is 6.83. The molecule has 1 fully saturated rings. The van der Waals surface area contributed by atoms with Crippen LogP contribution in [0.2, 0.25) is 31.2 Å². The number of rotatable bonds is 6. The van der Waals surface area contributed by atoms with E-state index in [1.54, 1.807) is 12.1 Å². The Morgan fingerprint density at radius 1 is 1.06 bits per heavy atom. The summed E-state index contributed by atoms with van der Waals surface area (Å²) in [5, 5.41) is 0. The summed E-state index contributed by atoms with van der Waals surface area (Å²) >= 11 is 0. The van der Waals surface area contributed by atoms with Gasteiger partial charge in [0, 0.05) is 22.0 Å². The molecular weight excluding hydrogens is 256 g/mol. The zero-order valence-corrected chi connectivity index (χ0v) is 15.0. The fourth-order valence-electron chi connectivity index (χ4n) is 2.40. The van der Waals surface area contributed by atoms with Crippen molar-refractivity contribution in [1.29, 1.82) is 0 Å². The molecule has 0 bridgehead atoms. The van der Waals surface area contributed by atoms with Gasteiger partial charge in [0.15, 0.2) is 0 Å². The predicted molar refractivity (Wildman–Crippen MR) is 86.4 cm³/mol. The summed E-state index contributed by atoms with van der Waals surface area (Å²) in [6, 6.07) is 4.57. The van der Waals surface area contributed by atoms with E-state index in [2.05, 4.69) is 25.7 Å². The average molecular weight is 289 g/mol. The first-order valence-electron chi connectivity index (χ1n) is 7.44. The van der Waals surface area contributed by atoms with Gasteiger partial charge in [0.2, 0.25) is 0 Å². The van der Waals surface area contributed by atoms with Gasteiger partial charge in [0.05, 0.1) is 0 Å². The van der Waals surface area contributed by atoms with Gasteiger partial charge in [-0.3, -0.25) is 0 Å². The summed E-state index contributed by atoms with van der Waals surface area (Å²) < 4.78 is 10.8. The molecule has 1 rings (SSSR count). The lowest BCUT2D eigenvalue weighted by Gasteiger charge is -2.20. The van der Waals surface area contributed by atoms with E-state index in [9.17, 15) is 0 Å². The molecule has 0 amide bonds. The highest BCUT2D eigenvalue weighted by atomic mass is 28.4. The van der Waals surface area contributed by atoms with Crippen LogP contribution in [0.25, 0.3) is 0 Å². The highest BCUT2D eigenvalue weighted by Gasteiger charge is 2.22. The first-order valence-corrected chi connectivity index (χ1v) is 12.7. The second kappa shape index (κ2) is 11.0. The Hall–Kier alpha value is 0.0938. The highest BCUT2D eigenvalue weighted by Crippen LogP contribution is 2.21. The quantitative estimate of drug-likeness (QED) is 0.534. The molecule has 0 aromatic rings. The molecule has 4 heteroatoms. The average Bonchev–Trinajstić information content (AvgIpc) is 2.31. The van der Waals surface area contributed by atoms with Crippen molar-refractivity contribution < 1.29 is 8.85 Å². The topological polar surface area (TPSA) is 18.5 Å². The van der Waals surface area contributed by atoms with Gasteiger partial charge in [0.1, 0.15) is 0 Å². The Balaban J connectivity index is 0.000000321. The lowest BCUT2D eigenvalue weighted by atomic mass is 10.3. The summed E-state index contributed by atoms with van der Waals surface area (Å²) in [6.07, 6.45) is 6.66. The molecule has 18 heavy (non-hydrogen) atoms. The number of hydrogen-bond donors (Lipinski definition) is 0. The van der Waals surface area contributed by atoms with Crippen LogP contribution < -0.4 is 0 Å². The van der Waals surface area contributed by atoms with Crippen LogP contribution in [0, 0.1) is 0 Å². The Bertz CT molecular complexity index is 194. The summed E-state index contributed by atoms with van der Waals surface area (Å²) in [4.78, 5) is 0. The predicted octanol–water partition coefficient (Wildman–Crippen LogP) is 4.34.